The van der Waals surface area contributed by atoms with E-state index in [1.807, 2.05) is 30.3 Å². The Bertz CT molecular complexity index is 1470. The van der Waals surface area contributed by atoms with E-state index in [0.29, 0.717) is 30.8 Å². The van der Waals surface area contributed by atoms with Gasteiger partial charge in [0.1, 0.15) is 11.9 Å². The number of carbonyl (C=O) groups is 1. The van der Waals surface area contributed by atoms with Crippen molar-refractivity contribution in [2.75, 3.05) is 39.6 Å². The highest BCUT2D eigenvalue weighted by molar-refractivity contribution is 7.89. The lowest BCUT2D eigenvalue weighted by Gasteiger charge is -2.30. The number of fused-ring (bicyclic) bond motifs is 1. The molecule has 5 atom stereocenters. The van der Waals surface area contributed by atoms with Crippen LogP contribution >= 0.6 is 7.60 Å². The van der Waals surface area contributed by atoms with Crippen molar-refractivity contribution in [3.05, 3.63) is 71.8 Å². The summed E-state index contributed by atoms with van der Waals surface area (Å²) in [5, 5.41) is 14.3. The van der Waals surface area contributed by atoms with Gasteiger partial charge in [0, 0.05) is 13.1 Å². The van der Waals surface area contributed by atoms with Gasteiger partial charge in [-0.3, -0.25) is 4.57 Å². The largest absolute Gasteiger partial charge is 0.497 e. The van der Waals surface area contributed by atoms with Crippen LogP contribution in [0.15, 0.2) is 71.1 Å². The first-order valence-electron chi connectivity index (χ1n) is 15.1. The number of nitrogens with zero attached hydrogens (tertiary/aromatic N) is 1. The Hall–Kier alpha value is -2.81. The van der Waals surface area contributed by atoms with Crippen LogP contribution in [0.4, 0.5) is 4.79 Å². The predicted molar refractivity (Wildman–Crippen MR) is 169 cm³/mol. The number of sulfonamides is 1. The smallest absolute Gasteiger partial charge is 0.407 e. The number of aliphatic hydroxyl groups excluding tert-OH is 1. The molecule has 46 heavy (non-hydrogen) atoms. The second-order valence-electron chi connectivity index (χ2n) is 11.5. The lowest BCUT2D eigenvalue weighted by Crippen LogP contribution is -2.51. The third kappa shape index (κ3) is 10.3. The number of rotatable bonds is 16. The van der Waals surface area contributed by atoms with Crippen LogP contribution in [0.2, 0.25) is 0 Å². The van der Waals surface area contributed by atoms with Crippen molar-refractivity contribution in [3.63, 3.8) is 0 Å². The quantitative estimate of drug-likeness (QED) is 0.116. The lowest BCUT2D eigenvalue weighted by molar-refractivity contribution is -0.0907. The Morgan fingerprint density at radius 1 is 1.15 bits per heavy atom. The van der Waals surface area contributed by atoms with Gasteiger partial charge in [0.25, 0.3) is 0 Å². The summed E-state index contributed by atoms with van der Waals surface area (Å²) in [6.07, 6.45) is -0.145. The molecule has 0 spiro atoms. The minimum absolute atomic E-state index is 0.0173. The number of allylic oxidation sites excluding steroid dienone is 1. The molecule has 254 valence electrons. The Kier molecular flexibility index (Phi) is 12.8. The zero-order valence-corrected chi connectivity index (χ0v) is 27.6. The number of unbranched alkanes of at least 4 members (excludes halogenated alkanes) is 1. The maximum Gasteiger partial charge on any atom is 0.407 e. The van der Waals surface area contributed by atoms with Crippen LogP contribution in [0.25, 0.3) is 0 Å². The maximum absolute atomic E-state index is 13.9. The number of methoxy groups -OCH3 is 1. The molecule has 0 aromatic heterocycles. The van der Waals surface area contributed by atoms with E-state index in [0.717, 1.165) is 9.87 Å². The van der Waals surface area contributed by atoms with Crippen molar-refractivity contribution in [3.8, 4) is 5.75 Å². The van der Waals surface area contributed by atoms with Crippen LogP contribution in [0, 0.1) is 5.92 Å². The molecule has 2 fully saturated rings. The Balaban J connectivity index is 1.54. The number of carbonyl (C=O) groups excluding carboxylic acids is 1. The number of nitrogens with one attached hydrogen (secondary N) is 1. The molecule has 0 saturated carbocycles. The molecule has 2 aromatic rings. The van der Waals surface area contributed by atoms with Crippen molar-refractivity contribution < 1.29 is 51.6 Å². The van der Waals surface area contributed by atoms with E-state index in [2.05, 4.69) is 5.32 Å². The number of hydrogen-bond donors (Lipinski definition) is 4. The molecule has 2 saturated heterocycles. The monoisotopic (exact) mass is 682 g/mol. The number of aliphatic hydroxyl groups is 1. The molecule has 1 amide bonds. The van der Waals surface area contributed by atoms with Crippen LogP contribution in [0.1, 0.15) is 31.7 Å². The highest BCUT2D eigenvalue weighted by Crippen LogP contribution is 2.35. The van der Waals surface area contributed by atoms with Crippen molar-refractivity contribution in [1.29, 1.82) is 0 Å². The fraction of sp³-hybridized carbons (Fsp3) is 0.516. The molecule has 0 radical (unpaired) electrons. The highest BCUT2D eigenvalue weighted by Gasteiger charge is 2.44. The Morgan fingerprint density at radius 2 is 1.87 bits per heavy atom. The minimum atomic E-state index is -4.16. The van der Waals surface area contributed by atoms with Gasteiger partial charge in [-0.25, -0.2) is 13.2 Å². The molecule has 4 rings (SSSR count). The number of alkyl carbamates (subject to hydrolysis) is 1. The van der Waals surface area contributed by atoms with Crippen LogP contribution < -0.4 is 10.1 Å². The van der Waals surface area contributed by atoms with E-state index in [-0.39, 0.29) is 49.5 Å². The van der Waals surface area contributed by atoms with Gasteiger partial charge in [0.2, 0.25) is 10.0 Å². The molecule has 13 nitrogen and oxygen atoms in total. The first kappa shape index (κ1) is 36.0. The third-order valence-electron chi connectivity index (χ3n) is 7.97. The number of ether oxygens (including phenoxy) is 4. The number of amides is 1. The zero-order chi connectivity index (χ0) is 33.3. The summed E-state index contributed by atoms with van der Waals surface area (Å²) in [7, 11) is -6.84. The molecule has 15 heteroatoms. The van der Waals surface area contributed by atoms with Gasteiger partial charge in [-0.1, -0.05) is 42.0 Å². The molecule has 2 aliphatic heterocycles. The first-order valence-corrected chi connectivity index (χ1v) is 18.4. The van der Waals surface area contributed by atoms with Gasteiger partial charge in [-0.15, -0.1) is 0 Å². The molecule has 0 aliphatic carbocycles. The molecular formula is C31H43N2O11PS. The summed E-state index contributed by atoms with van der Waals surface area (Å²) in [4.78, 5) is 31.4. The molecule has 0 bridgehead atoms. The molecule has 2 heterocycles. The van der Waals surface area contributed by atoms with E-state index < -0.39 is 48.3 Å². The zero-order valence-electron chi connectivity index (χ0n) is 25.9. The normalized spacial score (nSPS) is 21.5. The lowest BCUT2D eigenvalue weighted by atomic mass is 10.0. The summed E-state index contributed by atoms with van der Waals surface area (Å²) in [5.74, 6) is 0.394. The molecule has 4 N–H and O–H groups in total. The van der Waals surface area contributed by atoms with Gasteiger partial charge < -0.3 is 39.2 Å². The molecule has 2 aliphatic rings. The third-order valence-corrected chi connectivity index (χ3v) is 10.7. The van der Waals surface area contributed by atoms with Crippen LogP contribution in [-0.4, -0.2) is 97.8 Å². The molecular weight excluding hydrogens is 639 g/mol. The first-order chi connectivity index (χ1) is 21.9. The highest BCUT2D eigenvalue weighted by atomic mass is 32.2. The van der Waals surface area contributed by atoms with Gasteiger partial charge in [0.05, 0.1) is 49.4 Å². The minimum Gasteiger partial charge on any atom is -0.497 e. The Labute approximate surface area is 269 Å². The van der Waals surface area contributed by atoms with Gasteiger partial charge >= 0.3 is 13.7 Å². The van der Waals surface area contributed by atoms with Crippen molar-refractivity contribution in [2.24, 2.45) is 5.92 Å². The SMILES string of the molecule is COc1ccc(S(=O)(=O)N(C/C(C)=C\CCCP(=O)(O)O)CC(O)C(Cc2ccccc2)NC(=O)OC2COC3OCCC23)cc1. The second-order valence-corrected chi connectivity index (χ2v) is 15.2. The fourth-order valence-electron chi connectivity index (χ4n) is 5.49. The average Bonchev–Trinajstić information content (AvgIpc) is 3.64. The van der Waals surface area contributed by atoms with E-state index in [4.69, 9.17) is 28.7 Å². The number of benzene rings is 2. The number of hydrogen-bond acceptors (Lipinski definition) is 9. The summed E-state index contributed by atoms with van der Waals surface area (Å²) >= 11 is 0. The topological polar surface area (TPSA) is 181 Å². The predicted octanol–water partition coefficient (Wildman–Crippen LogP) is 3.05. The van der Waals surface area contributed by atoms with Crippen LogP contribution in [0.5, 0.6) is 5.75 Å². The van der Waals surface area contributed by atoms with Crippen molar-refractivity contribution >= 4 is 23.7 Å². The fourth-order valence-corrected chi connectivity index (χ4v) is 7.59. The van der Waals surface area contributed by atoms with Gasteiger partial charge in [-0.05, 0) is 62.4 Å². The van der Waals surface area contributed by atoms with Crippen LogP contribution in [0.3, 0.4) is 0 Å². The summed E-state index contributed by atoms with van der Waals surface area (Å²) < 4.78 is 62.1. The summed E-state index contributed by atoms with van der Waals surface area (Å²) in [6.45, 7) is 1.95. The van der Waals surface area contributed by atoms with Crippen molar-refractivity contribution in [2.45, 2.75) is 62.0 Å². The maximum atomic E-state index is 13.9. The van der Waals surface area contributed by atoms with E-state index in [9.17, 15) is 22.9 Å². The standard InChI is InChI=1S/C31H43N2O11PS/c1-22(8-6-7-17-45(36,37)38)19-33(46(39,40)25-13-11-24(41-2)12-14-25)20-28(34)27(18-23-9-4-3-5-10-23)32-31(35)44-29-21-43-30-26(29)15-16-42-30/h3-5,8-14,26-30,34H,6-7,15-21H2,1-2H3,(H,32,35)(H2,36,37,38)/b22-8-. The average molecular weight is 683 g/mol. The Morgan fingerprint density at radius 3 is 2.54 bits per heavy atom. The molecule has 2 aromatic carbocycles. The van der Waals surface area contributed by atoms with E-state index >= 15 is 0 Å². The van der Waals surface area contributed by atoms with Gasteiger partial charge in [-0.2, -0.15) is 4.31 Å². The summed E-state index contributed by atoms with van der Waals surface area (Å²) in [6, 6.07) is 14.1. The van der Waals surface area contributed by atoms with Crippen molar-refractivity contribution in [1.82, 2.24) is 9.62 Å². The summed E-state index contributed by atoms with van der Waals surface area (Å²) in [5.41, 5.74) is 1.43. The van der Waals surface area contributed by atoms with E-state index in [1.54, 1.807) is 13.0 Å². The molecule has 5 unspecified atom stereocenters. The van der Waals surface area contributed by atoms with E-state index in [1.165, 1.54) is 31.4 Å². The van der Waals surface area contributed by atoms with Gasteiger partial charge in [0.15, 0.2) is 6.29 Å². The van der Waals surface area contributed by atoms with Crippen LogP contribution in [-0.2, 0) is 35.2 Å². The second kappa shape index (κ2) is 16.3.